The summed E-state index contributed by atoms with van der Waals surface area (Å²) < 4.78 is 1.58. The van der Waals surface area contributed by atoms with Gasteiger partial charge in [0.2, 0.25) is 0 Å². The Labute approximate surface area is 123 Å². The molecular weight excluding hydrogens is 270 g/mol. The molecule has 2 rings (SSSR count). The van der Waals surface area contributed by atoms with Crippen molar-refractivity contribution in [1.82, 2.24) is 20.3 Å². The number of nitrogens with zero attached hydrogens (tertiary/aromatic N) is 4. The Morgan fingerprint density at radius 1 is 1.33 bits per heavy atom. The van der Waals surface area contributed by atoms with Crippen LogP contribution < -0.4 is 5.32 Å². The highest BCUT2D eigenvalue weighted by Gasteiger charge is 2.15. The van der Waals surface area contributed by atoms with Crippen LogP contribution in [0.1, 0.15) is 30.7 Å². The summed E-state index contributed by atoms with van der Waals surface area (Å²) in [4.78, 5) is 10.7. The molecule has 0 saturated heterocycles. The second-order valence-electron chi connectivity index (χ2n) is 5.37. The van der Waals surface area contributed by atoms with E-state index < -0.39 is 0 Å². The van der Waals surface area contributed by atoms with Gasteiger partial charge in [-0.3, -0.25) is 10.1 Å². The molecule has 0 unspecified atom stereocenters. The SMILES string of the molecule is Cc1cc(C)c([N+](=O)[O-])cc1-n1cc(CNC(C)C)nn1. The topological polar surface area (TPSA) is 85.9 Å². The van der Waals surface area contributed by atoms with Crippen LogP contribution in [0.4, 0.5) is 5.69 Å². The lowest BCUT2D eigenvalue weighted by atomic mass is 10.1. The molecule has 0 fully saturated rings. The van der Waals surface area contributed by atoms with E-state index in [2.05, 4.69) is 29.5 Å². The van der Waals surface area contributed by atoms with E-state index in [1.165, 1.54) is 0 Å². The van der Waals surface area contributed by atoms with Crippen LogP contribution in [0.5, 0.6) is 0 Å². The van der Waals surface area contributed by atoms with Crippen LogP contribution >= 0.6 is 0 Å². The molecule has 1 N–H and O–H groups in total. The van der Waals surface area contributed by atoms with Gasteiger partial charge in [0, 0.05) is 24.2 Å². The molecule has 1 heterocycles. The normalized spacial score (nSPS) is 11.1. The fourth-order valence-corrected chi connectivity index (χ4v) is 2.08. The summed E-state index contributed by atoms with van der Waals surface area (Å²) in [6, 6.07) is 3.69. The fourth-order valence-electron chi connectivity index (χ4n) is 2.08. The van der Waals surface area contributed by atoms with Crippen LogP contribution in [0, 0.1) is 24.0 Å². The minimum absolute atomic E-state index is 0.0907. The van der Waals surface area contributed by atoms with Crippen LogP contribution in [0.3, 0.4) is 0 Å². The van der Waals surface area contributed by atoms with Gasteiger partial charge in [0.25, 0.3) is 5.69 Å². The zero-order valence-electron chi connectivity index (χ0n) is 12.6. The molecule has 0 radical (unpaired) electrons. The number of benzene rings is 1. The van der Waals surface area contributed by atoms with Crippen LogP contribution in [0.25, 0.3) is 5.69 Å². The Hall–Kier alpha value is -2.28. The summed E-state index contributed by atoms with van der Waals surface area (Å²) in [6.45, 7) is 8.36. The summed E-state index contributed by atoms with van der Waals surface area (Å²) in [6.07, 6.45) is 1.79. The first kappa shape index (κ1) is 15.1. The number of nitro benzene ring substituents is 1. The molecule has 0 amide bonds. The molecule has 0 saturated carbocycles. The highest BCUT2D eigenvalue weighted by Crippen LogP contribution is 2.24. The maximum absolute atomic E-state index is 11.0. The number of hydrogen-bond donors (Lipinski definition) is 1. The quantitative estimate of drug-likeness (QED) is 0.674. The molecule has 0 aliphatic heterocycles. The van der Waals surface area contributed by atoms with Crippen molar-refractivity contribution in [3.05, 3.63) is 45.3 Å². The van der Waals surface area contributed by atoms with E-state index in [1.807, 2.05) is 6.92 Å². The van der Waals surface area contributed by atoms with Crippen molar-refractivity contribution in [3.63, 3.8) is 0 Å². The number of nitro groups is 1. The maximum Gasteiger partial charge on any atom is 0.274 e. The zero-order chi connectivity index (χ0) is 15.6. The van der Waals surface area contributed by atoms with Crippen molar-refractivity contribution < 1.29 is 4.92 Å². The van der Waals surface area contributed by atoms with Gasteiger partial charge in [0.05, 0.1) is 22.5 Å². The Balaban J connectivity index is 2.33. The number of rotatable bonds is 5. The van der Waals surface area contributed by atoms with Crippen molar-refractivity contribution in [2.45, 2.75) is 40.3 Å². The van der Waals surface area contributed by atoms with Gasteiger partial charge in [0.15, 0.2) is 0 Å². The standard InChI is InChI=1S/C14H19N5O2/c1-9(2)15-7-12-8-18(17-16-12)13-6-14(19(20)21)11(4)5-10(13)3/h5-6,8-9,15H,7H2,1-4H3. The molecule has 21 heavy (non-hydrogen) atoms. The van der Waals surface area contributed by atoms with Gasteiger partial charge >= 0.3 is 0 Å². The third kappa shape index (κ3) is 3.43. The van der Waals surface area contributed by atoms with Gasteiger partial charge < -0.3 is 5.32 Å². The van der Waals surface area contributed by atoms with Crippen molar-refractivity contribution in [3.8, 4) is 5.69 Å². The van der Waals surface area contributed by atoms with Gasteiger partial charge in [-0.15, -0.1) is 5.10 Å². The van der Waals surface area contributed by atoms with E-state index >= 15 is 0 Å². The average molecular weight is 289 g/mol. The summed E-state index contributed by atoms with van der Waals surface area (Å²) in [5.41, 5.74) is 3.13. The third-order valence-electron chi connectivity index (χ3n) is 3.19. The highest BCUT2D eigenvalue weighted by molar-refractivity contribution is 5.53. The summed E-state index contributed by atoms with van der Waals surface area (Å²) in [7, 11) is 0. The highest BCUT2D eigenvalue weighted by atomic mass is 16.6. The minimum atomic E-state index is -0.379. The largest absolute Gasteiger partial charge is 0.309 e. The number of aryl methyl sites for hydroxylation is 2. The first-order chi connectivity index (χ1) is 9.88. The molecule has 0 atom stereocenters. The minimum Gasteiger partial charge on any atom is -0.309 e. The van der Waals surface area contributed by atoms with Crippen molar-refractivity contribution in [1.29, 1.82) is 0 Å². The van der Waals surface area contributed by atoms with E-state index in [4.69, 9.17) is 0 Å². The summed E-state index contributed by atoms with van der Waals surface area (Å²) in [5.74, 6) is 0. The summed E-state index contributed by atoms with van der Waals surface area (Å²) in [5, 5.41) is 22.4. The first-order valence-corrected chi connectivity index (χ1v) is 6.79. The fraction of sp³-hybridized carbons (Fsp3) is 0.429. The molecule has 7 heteroatoms. The smallest absolute Gasteiger partial charge is 0.274 e. The number of aromatic nitrogens is 3. The molecule has 0 spiro atoms. The van der Waals surface area contributed by atoms with Crippen molar-refractivity contribution in [2.24, 2.45) is 0 Å². The molecule has 2 aromatic rings. The van der Waals surface area contributed by atoms with E-state index in [0.717, 1.165) is 11.3 Å². The van der Waals surface area contributed by atoms with Gasteiger partial charge in [-0.05, 0) is 25.5 Å². The molecule has 0 bridgehead atoms. The van der Waals surface area contributed by atoms with Gasteiger partial charge in [-0.2, -0.15) is 0 Å². The lowest BCUT2D eigenvalue weighted by Crippen LogP contribution is -2.21. The second kappa shape index (κ2) is 6.01. The predicted octanol–water partition coefficient (Wildman–Crippen LogP) is 2.29. The Morgan fingerprint density at radius 2 is 2.05 bits per heavy atom. The van der Waals surface area contributed by atoms with Gasteiger partial charge in [-0.1, -0.05) is 19.1 Å². The van der Waals surface area contributed by atoms with E-state index in [1.54, 1.807) is 29.9 Å². The Morgan fingerprint density at radius 3 is 2.67 bits per heavy atom. The van der Waals surface area contributed by atoms with Crippen LogP contribution in [-0.2, 0) is 6.54 Å². The van der Waals surface area contributed by atoms with E-state index in [9.17, 15) is 10.1 Å². The van der Waals surface area contributed by atoms with E-state index in [-0.39, 0.29) is 10.6 Å². The Kier molecular flexibility index (Phi) is 4.32. The molecule has 7 nitrogen and oxygen atoms in total. The number of nitrogens with one attached hydrogen (secondary N) is 1. The lowest BCUT2D eigenvalue weighted by Gasteiger charge is -2.07. The molecule has 0 aliphatic rings. The molecule has 1 aromatic heterocycles. The van der Waals surface area contributed by atoms with Gasteiger partial charge in [-0.25, -0.2) is 4.68 Å². The van der Waals surface area contributed by atoms with Crippen LogP contribution in [0.15, 0.2) is 18.3 Å². The first-order valence-electron chi connectivity index (χ1n) is 6.79. The van der Waals surface area contributed by atoms with Gasteiger partial charge in [0.1, 0.15) is 0 Å². The molecule has 0 aliphatic carbocycles. The van der Waals surface area contributed by atoms with Crippen LogP contribution in [0.2, 0.25) is 0 Å². The summed E-state index contributed by atoms with van der Waals surface area (Å²) >= 11 is 0. The second-order valence-corrected chi connectivity index (χ2v) is 5.37. The number of hydrogen-bond acceptors (Lipinski definition) is 5. The third-order valence-corrected chi connectivity index (χ3v) is 3.19. The average Bonchev–Trinajstić information content (AvgIpc) is 2.84. The lowest BCUT2D eigenvalue weighted by molar-refractivity contribution is -0.385. The van der Waals surface area contributed by atoms with Crippen molar-refractivity contribution in [2.75, 3.05) is 0 Å². The Bertz CT molecular complexity index is 663. The van der Waals surface area contributed by atoms with Crippen LogP contribution in [-0.4, -0.2) is 26.0 Å². The predicted molar refractivity (Wildman–Crippen MR) is 79.5 cm³/mol. The maximum atomic E-state index is 11.0. The zero-order valence-corrected chi connectivity index (χ0v) is 12.6. The molecular formula is C14H19N5O2. The molecule has 112 valence electrons. The van der Waals surface area contributed by atoms with E-state index in [0.29, 0.717) is 23.8 Å². The monoisotopic (exact) mass is 289 g/mol. The van der Waals surface area contributed by atoms with Crippen molar-refractivity contribution >= 4 is 5.69 Å². The molecule has 1 aromatic carbocycles.